The van der Waals surface area contributed by atoms with Crippen molar-refractivity contribution in [2.45, 2.75) is 13.0 Å². The van der Waals surface area contributed by atoms with Crippen LogP contribution in [0.5, 0.6) is 0 Å². The second kappa shape index (κ2) is 6.41. The molecule has 2 nitrogen and oxygen atoms in total. The van der Waals surface area contributed by atoms with Gasteiger partial charge in [-0.3, -0.25) is 0 Å². The first-order valence-electron chi connectivity index (χ1n) is 6.83. The van der Waals surface area contributed by atoms with E-state index < -0.39 is 0 Å². The van der Waals surface area contributed by atoms with E-state index in [4.69, 9.17) is 0 Å². The van der Waals surface area contributed by atoms with Crippen LogP contribution >= 0.6 is 22.6 Å². The lowest BCUT2D eigenvalue weighted by molar-refractivity contribution is 0.688. The van der Waals surface area contributed by atoms with E-state index in [2.05, 4.69) is 87.6 Å². The summed E-state index contributed by atoms with van der Waals surface area (Å²) in [6.07, 6.45) is 3.17. The molecule has 3 heteroatoms. The Bertz CT molecular complexity index is 686. The van der Waals surface area contributed by atoms with E-state index in [9.17, 15) is 0 Å². The number of halogens is 1. The van der Waals surface area contributed by atoms with Crippen molar-refractivity contribution in [3.05, 3.63) is 69.4 Å². The molecule has 0 spiro atoms. The fourth-order valence-electron chi connectivity index (χ4n) is 2.40. The molecule has 3 rings (SSSR count). The summed E-state index contributed by atoms with van der Waals surface area (Å²) in [4.78, 5) is 3.32. The van der Waals surface area contributed by atoms with Gasteiger partial charge in [-0.25, -0.2) is 0 Å². The van der Waals surface area contributed by atoms with Gasteiger partial charge in [-0.15, -0.1) is 0 Å². The molecule has 3 aromatic rings. The van der Waals surface area contributed by atoms with Crippen molar-refractivity contribution in [3.8, 4) is 0 Å². The highest BCUT2D eigenvalue weighted by Crippen LogP contribution is 2.17. The number of aromatic nitrogens is 1. The summed E-state index contributed by atoms with van der Waals surface area (Å²) in [5, 5.41) is 4.84. The Balaban J connectivity index is 1.54. The van der Waals surface area contributed by atoms with E-state index >= 15 is 0 Å². The van der Waals surface area contributed by atoms with Crippen LogP contribution in [-0.2, 0) is 13.0 Å². The molecule has 2 N–H and O–H groups in total. The van der Waals surface area contributed by atoms with Crippen LogP contribution < -0.4 is 5.32 Å². The van der Waals surface area contributed by atoms with Gasteiger partial charge in [-0.1, -0.05) is 30.3 Å². The lowest BCUT2D eigenvalue weighted by atomic mass is 10.1. The fourth-order valence-corrected chi connectivity index (χ4v) is 2.76. The van der Waals surface area contributed by atoms with Gasteiger partial charge < -0.3 is 10.3 Å². The highest BCUT2D eigenvalue weighted by Gasteiger charge is 2.02. The van der Waals surface area contributed by atoms with E-state index in [1.165, 1.54) is 25.6 Å². The summed E-state index contributed by atoms with van der Waals surface area (Å²) in [5.41, 5.74) is 3.94. The third-order valence-electron chi connectivity index (χ3n) is 3.49. The minimum Gasteiger partial charge on any atom is -0.361 e. The lowest BCUT2D eigenvalue weighted by Crippen LogP contribution is -2.16. The molecule has 102 valence electrons. The Morgan fingerprint density at radius 1 is 1.00 bits per heavy atom. The number of fused-ring (bicyclic) bond motifs is 1. The first kappa shape index (κ1) is 13.6. The van der Waals surface area contributed by atoms with Gasteiger partial charge in [-0.2, -0.15) is 0 Å². The van der Waals surface area contributed by atoms with Gasteiger partial charge in [0, 0.05) is 27.2 Å². The molecule has 0 saturated carbocycles. The number of para-hydroxylation sites is 1. The number of hydrogen-bond acceptors (Lipinski definition) is 1. The molecular weight excluding hydrogens is 359 g/mol. The average molecular weight is 376 g/mol. The molecule has 0 atom stereocenters. The summed E-state index contributed by atoms with van der Waals surface area (Å²) in [5.74, 6) is 0. The second-order valence-corrected chi connectivity index (χ2v) is 6.16. The average Bonchev–Trinajstić information content (AvgIpc) is 2.89. The van der Waals surface area contributed by atoms with Crippen molar-refractivity contribution < 1.29 is 0 Å². The Hall–Kier alpha value is -1.33. The van der Waals surface area contributed by atoms with Crippen LogP contribution in [0.15, 0.2) is 54.7 Å². The number of H-pyrrole nitrogens is 1. The van der Waals surface area contributed by atoms with E-state index in [0.29, 0.717) is 0 Å². The van der Waals surface area contributed by atoms with Crippen LogP contribution in [0, 0.1) is 3.57 Å². The molecule has 1 aromatic heterocycles. The zero-order valence-corrected chi connectivity index (χ0v) is 13.4. The van der Waals surface area contributed by atoms with Gasteiger partial charge in [0.05, 0.1) is 0 Å². The zero-order chi connectivity index (χ0) is 13.8. The molecule has 1 heterocycles. The molecule has 0 aliphatic heterocycles. The number of hydrogen-bond donors (Lipinski definition) is 2. The third kappa shape index (κ3) is 3.22. The van der Waals surface area contributed by atoms with Gasteiger partial charge in [0.25, 0.3) is 0 Å². The van der Waals surface area contributed by atoms with E-state index in [1.807, 2.05) is 0 Å². The normalized spacial score (nSPS) is 11.1. The summed E-state index contributed by atoms with van der Waals surface area (Å²) >= 11 is 2.33. The predicted molar refractivity (Wildman–Crippen MR) is 92.9 cm³/mol. The highest BCUT2D eigenvalue weighted by atomic mass is 127. The summed E-state index contributed by atoms with van der Waals surface area (Å²) in [6.45, 7) is 1.92. The Morgan fingerprint density at radius 3 is 2.65 bits per heavy atom. The van der Waals surface area contributed by atoms with Gasteiger partial charge in [0.1, 0.15) is 0 Å². The quantitative estimate of drug-likeness (QED) is 0.509. The van der Waals surface area contributed by atoms with E-state index in [0.717, 1.165) is 19.5 Å². The molecule has 0 aliphatic rings. The molecule has 0 unspecified atom stereocenters. The van der Waals surface area contributed by atoms with Crippen molar-refractivity contribution in [3.63, 3.8) is 0 Å². The largest absolute Gasteiger partial charge is 0.361 e. The molecule has 0 amide bonds. The maximum Gasteiger partial charge on any atom is 0.0456 e. The second-order valence-electron chi connectivity index (χ2n) is 4.91. The fraction of sp³-hybridized carbons (Fsp3) is 0.176. The summed E-state index contributed by atoms with van der Waals surface area (Å²) in [6, 6.07) is 17.1. The van der Waals surface area contributed by atoms with E-state index in [1.54, 1.807) is 0 Å². The number of rotatable bonds is 5. The summed E-state index contributed by atoms with van der Waals surface area (Å²) < 4.78 is 1.28. The number of benzene rings is 2. The first-order valence-corrected chi connectivity index (χ1v) is 7.91. The van der Waals surface area contributed by atoms with Crippen molar-refractivity contribution >= 4 is 33.5 Å². The van der Waals surface area contributed by atoms with Crippen LogP contribution in [0.2, 0.25) is 0 Å². The van der Waals surface area contributed by atoms with Crippen LogP contribution in [-0.4, -0.2) is 11.5 Å². The lowest BCUT2D eigenvalue weighted by Gasteiger charge is -2.05. The van der Waals surface area contributed by atoms with Crippen molar-refractivity contribution in [2.75, 3.05) is 6.54 Å². The number of aromatic amines is 1. The Morgan fingerprint density at radius 2 is 1.80 bits per heavy atom. The van der Waals surface area contributed by atoms with Gasteiger partial charge in [0.2, 0.25) is 0 Å². The molecule has 0 bridgehead atoms. The smallest absolute Gasteiger partial charge is 0.0456 e. The Kier molecular flexibility index (Phi) is 4.38. The molecular formula is C17H17IN2. The minimum atomic E-state index is 0.930. The van der Waals surface area contributed by atoms with E-state index in [-0.39, 0.29) is 0 Å². The van der Waals surface area contributed by atoms with Gasteiger partial charge in [0.15, 0.2) is 0 Å². The SMILES string of the molecule is Ic1ccc(CNCCc2c[nH]c3ccccc23)cc1. The highest BCUT2D eigenvalue weighted by molar-refractivity contribution is 14.1. The monoisotopic (exact) mass is 376 g/mol. The summed E-state index contributed by atoms with van der Waals surface area (Å²) in [7, 11) is 0. The van der Waals surface area contributed by atoms with Crippen molar-refractivity contribution in [1.29, 1.82) is 0 Å². The zero-order valence-electron chi connectivity index (χ0n) is 11.2. The van der Waals surface area contributed by atoms with Crippen molar-refractivity contribution in [1.82, 2.24) is 10.3 Å². The molecule has 0 radical (unpaired) electrons. The molecule has 20 heavy (non-hydrogen) atoms. The van der Waals surface area contributed by atoms with Crippen molar-refractivity contribution in [2.24, 2.45) is 0 Å². The maximum absolute atomic E-state index is 3.51. The van der Waals surface area contributed by atoms with Gasteiger partial charge in [-0.05, 0) is 64.9 Å². The molecule has 2 aromatic carbocycles. The minimum absolute atomic E-state index is 0.930. The maximum atomic E-state index is 3.51. The van der Waals surface area contributed by atoms with Crippen LogP contribution in [0.3, 0.4) is 0 Å². The standard InChI is InChI=1S/C17H17IN2/c18-15-7-5-13(6-8-15)11-19-10-9-14-12-20-17-4-2-1-3-16(14)17/h1-8,12,19-20H,9-11H2. The number of nitrogens with one attached hydrogen (secondary N) is 2. The topological polar surface area (TPSA) is 27.8 Å². The van der Waals surface area contributed by atoms with Gasteiger partial charge >= 0.3 is 0 Å². The van der Waals surface area contributed by atoms with Crippen LogP contribution in [0.25, 0.3) is 10.9 Å². The first-order chi connectivity index (χ1) is 9.83. The Labute approximate surface area is 132 Å². The molecule has 0 aliphatic carbocycles. The predicted octanol–water partition coefficient (Wildman–Crippen LogP) is 4.10. The third-order valence-corrected chi connectivity index (χ3v) is 4.21. The molecule has 0 fully saturated rings. The van der Waals surface area contributed by atoms with Crippen LogP contribution in [0.4, 0.5) is 0 Å². The molecule has 0 saturated heterocycles. The van der Waals surface area contributed by atoms with Crippen LogP contribution in [0.1, 0.15) is 11.1 Å².